The smallest absolute Gasteiger partial charge is 0.460 e. The van der Waals surface area contributed by atoms with Crippen LogP contribution in [0.3, 0.4) is 0 Å². The van der Waals surface area contributed by atoms with Crippen LogP contribution in [0.4, 0.5) is 39.5 Å². The number of nitrogens with zero attached hydrogens (tertiary/aromatic N) is 1. The Bertz CT molecular complexity index is 559. The molecule has 0 aliphatic carbocycles. The molecule has 0 rings (SSSR count). The molecular formula is C12H20F9NO3S. The van der Waals surface area contributed by atoms with E-state index in [0.29, 0.717) is 0 Å². The van der Waals surface area contributed by atoms with Crippen molar-refractivity contribution in [3.05, 3.63) is 0 Å². The van der Waals surface area contributed by atoms with Crippen molar-refractivity contribution in [1.82, 2.24) is 0 Å². The van der Waals surface area contributed by atoms with E-state index in [9.17, 15) is 52.5 Å². The van der Waals surface area contributed by atoms with Gasteiger partial charge in [-0.1, -0.05) is 0 Å². The Hall–Kier alpha value is -0.760. The summed E-state index contributed by atoms with van der Waals surface area (Å²) in [5.74, 6) is -14.8. The molecule has 0 aromatic heterocycles. The first-order valence-corrected chi connectivity index (χ1v) is 8.28. The molecule has 26 heavy (non-hydrogen) atoms. The van der Waals surface area contributed by atoms with Crippen molar-refractivity contribution in [3.8, 4) is 0 Å². The summed E-state index contributed by atoms with van der Waals surface area (Å²) in [5, 5.41) is -7.11. The molecule has 0 bridgehead atoms. The molecule has 0 aliphatic heterocycles. The molecular weight excluding hydrogens is 409 g/mol. The predicted molar refractivity (Wildman–Crippen MR) is 73.0 cm³/mol. The van der Waals surface area contributed by atoms with Crippen molar-refractivity contribution in [3.63, 3.8) is 0 Å². The van der Waals surface area contributed by atoms with Gasteiger partial charge in [0.1, 0.15) is 0 Å². The Labute approximate surface area is 145 Å². The first-order valence-electron chi connectivity index (χ1n) is 6.88. The average molecular weight is 429 g/mol. The number of alkyl halides is 9. The van der Waals surface area contributed by atoms with Crippen LogP contribution in [0.1, 0.15) is 27.7 Å². The Morgan fingerprint density at radius 3 is 1.12 bits per heavy atom. The molecule has 0 amide bonds. The summed E-state index contributed by atoms with van der Waals surface area (Å²) in [5.41, 5.74) is 0. The van der Waals surface area contributed by atoms with Gasteiger partial charge in [-0.15, -0.1) is 0 Å². The van der Waals surface area contributed by atoms with Crippen molar-refractivity contribution < 1.29 is 57.0 Å². The zero-order chi connectivity index (χ0) is 22.2. The van der Waals surface area contributed by atoms with Crippen LogP contribution >= 0.6 is 0 Å². The molecule has 0 spiro atoms. The lowest BCUT2D eigenvalue weighted by molar-refractivity contribution is -0.931. The molecule has 160 valence electrons. The fraction of sp³-hybridized carbons (Fsp3) is 1.00. The summed E-state index contributed by atoms with van der Waals surface area (Å²) in [6.07, 6.45) is -7.16. The van der Waals surface area contributed by atoms with Crippen molar-refractivity contribution in [2.24, 2.45) is 0 Å². The van der Waals surface area contributed by atoms with E-state index in [1.807, 2.05) is 0 Å². The van der Waals surface area contributed by atoms with Gasteiger partial charge in [0, 0.05) is 0 Å². The second kappa shape index (κ2) is 7.70. The Morgan fingerprint density at radius 1 is 0.731 bits per heavy atom. The molecule has 0 saturated heterocycles. The molecule has 0 aliphatic rings. The minimum atomic E-state index is -7.43. The third-order valence-corrected chi connectivity index (χ3v) is 4.98. The standard InChI is InChI=1S/C8H20N.C4HF9O3S/c1-7(2)9(5,6)8(3)4;5-1(6,3(9,10)11)2(7,8)4(12,13)17(14,15)16/h7-8H,1-6H3;(H,14,15,16)/q+1;/p-1. The molecule has 4 nitrogen and oxygen atoms in total. The average Bonchev–Trinajstić information content (AvgIpc) is 2.35. The highest BCUT2D eigenvalue weighted by molar-refractivity contribution is 7.86. The minimum Gasteiger partial charge on any atom is -0.743 e. The third kappa shape index (κ3) is 5.15. The van der Waals surface area contributed by atoms with E-state index in [0.717, 1.165) is 16.6 Å². The highest BCUT2D eigenvalue weighted by Gasteiger charge is 2.83. The van der Waals surface area contributed by atoms with E-state index >= 15 is 0 Å². The SMILES string of the molecule is CC(C)[N+](C)(C)C(C)C.O=S(=O)([O-])C(F)(F)C(F)(F)C(F)(F)C(F)(F)F. The van der Waals surface area contributed by atoms with Crippen molar-refractivity contribution in [1.29, 1.82) is 0 Å². The van der Waals surface area contributed by atoms with E-state index in [1.54, 1.807) is 0 Å². The lowest BCUT2D eigenvalue weighted by atomic mass is 10.1. The molecule has 0 saturated carbocycles. The van der Waals surface area contributed by atoms with E-state index in [4.69, 9.17) is 0 Å². The molecule has 0 atom stereocenters. The van der Waals surface area contributed by atoms with Crippen LogP contribution in [-0.2, 0) is 10.1 Å². The van der Waals surface area contributed by atoms with E-state index in [-0.39, 0.29) is 0 Å². The fourth-order valence-corrected chi connectivity index (χ4v) is 1.56. The summed E-state index contributed by atoms with van der Waals surface area (Å²) < 4.78 is 137. The zero-order valence-corrected chi connectivity index (χ0v) is 15.5. The van der Waals surface area contributed by atoms with Crippen molar-refractivity contribution >= 4 is 10.1 Å². The molecule has 0 aromatic rings. The Balaban J connectivity index is 0. The van der Waals surface area contributed by atoms with Crippen LogP contribution in [0.25, 0.3) is 0 Å². The number of hydrogen-bond acceptors (Lipinski definition) is 3. The van der Waals surface area contributed by atoms with Gasteiger partial charge in [-0.05, 0) is 27.7 Å². The Kier molecular flexibility index (Phi) is 8.13. The summed E-state index contributed by atoms with van der Waals surface area (Å²) in [6, 6.07) is 1.45. The molecule has 14 heteroatoms. The second-order valence-corrected chi connectivity index (χ2v) is 7.86. The first kappa shape index (κ1) is 27.5. The maximum Gasteiger partial charge on any atom is 0.460 e. The van der Waals surface area contributed by atoms with Crippen LogP contribution in [0.2, 0.25) is 0 Å². The normalized spacial score (nSPS) is 15.2. The largest absolute Gasteiger partial charge is 0.743 e. The van der Waals surface area contributed by atoms with Gasteiger partial charge in [-0.2, -0.15) is 39.5 Å². The Morgan fingerprint density at radius 2 is 1.00 bits per heavy atom. The van der Waals surface area contributed by atoms with E-state index < -0.39 is 33.4 Å². The van der Waals surface area contributed by atoms with Gasteiger partial charge < -0.3 is 9.04 Å². The molecule has 0 unspecified atom stereocenters. The summed E-state index contributed by atoms with van der Waals surface area (Å²) >= 11 is 0. The highest BCUT2D eigenvalue weighted by atomic mass is 32.2. The van der Waals surface area contributed by atoms with Crippen LogP contribution in [0.5, 0.6) is 0 Å². The van der Waals surface area contributed by atoms with Crippen LogP contribution in [-0.4, -0.2) is 66.9 Å². The third-order valence-electron chi connectivity index (χ3n) is 4.09. The van der Waals surface area contributed by atoms with Gasteiger partial charge in [-0.3, -0.25) is 0 Å². The maximum atomic E-state index is 12.2. The number of rotatable bonds is 5. The highest BCUT2D eigenvalue weighted by Crippen LogP contribution is 2.54. The zero-order valence-electron chi connectivity index (χ0n) is 14.6. The topological polar surface area (TPSA) is 57.2 Å². The maximum absolute atomic E-state index is 12.2. The second-order valence-electron chi connectivity index (χ2n) is 6.43. The monoisotopic (exact) mass is 429 g/mol. The van der Waals surface area contributed by atoms with Gasteiger partial charge >= 0.3 is 23.3 Å². The fourth-order valence-electron chi connectivity index (χ4n) is 1.11. The number of halogens is 9. The van der Waals surface area contributed by atoms with Crippen LogP contribution < -0.4 is 0 Å². The lowest BCUT2D eigenvalue weighted by Gasteiger charge is -2.38. The van der Waals surface area contributed by atoms with Gasteiger partial charge in [0.15, 0.2) is 10.1 Å². The van der Waals surface area contributed by atoms with Crippen LogP contribution in [0.15, 0.2) is 0 Å². The number of hydrogen-bond donors (Lipinski definition) is 0. The summed E-state index contributed by atoms with van der Waals surface area (Å²) in [4.78, 5) is 0. The van der Waals surface area contributed by atoms with Gasteiger partial charge in [0.2, 0.25) is 0 Å². The van der Waals surface area contributed by atoms with Crippen molar-refractivity contribution in [2.75, 3.05) is 14.1 Å². The molecule has 0 radical (unpaired) electrons. The van der Waals surface area contributed by atoms with Crippen LogP contribution in [0, 0.1) is 0 Å². The predicted octanol–water partition coefficient (Wildman–Crippen LogP) is 3.84. The molecule has 0 heterocycles. The molecule has 0 N–H and O–H groups in total. The van der Waals surface area contributed by atoms with Gasteiger partial charge in [0.05, 0.1) is 26.2 Å². The summed E-state index contributed by atoms with van der Waals surface area (Å²) in [6.45, 7) is 9.06. The molecule has 0 fully saturated rings. The molecule has 0 aromatic carbocycles. The minimum absolute atomic E-state index is 0.727. The van der Waals surface area contributed by atoms with Crippen molar-refractivity contribution in [2.45, 2.75) is 63.1 Å². The summed E-state index contributed by atoms with van der Waals surface area (Å²) in [7, 11) is -2.87. The number of quaternary nitrogens is 1. The van der Waals surface area contributed by atoms with Gasteiger partial charge in [0.25, 0.3) is 0 Å². The lowest BCUT2D eigenvalue weighted by Crippen LogP contribution is -2.63. The first-order chi connectivity index (χ1) is 10.9. The van der Waals surface area contributed by atoms with E-state index in [2.05, 4.69) is 41.8 Å². The quantitative estimate of drug-likeness (QED) is 0.379. The van der Waals surface area contributed by atoms with E-state index in [1.165, 1.54) is 0 Å². The van der Waals surface area contributed by atoms with Gasteiger partial charge in [-0.25, -0.2) is 8.42 Å².